The van der Waals surface area contributed by atoms with Crippen LogP contribution in [0.15, 0.2) is 18.2 Å². The molecule has 1 amide bonds. The van der Waals surface area contributed by atoms with Gasteiger partial charge in [-0.05, 0) is 51.4 Å². The summed E-state index contributed by atoms with van der Waals surface area (Å²) in [4.78, 5) is 14.4. The predicted octanol–water partition coefficient (Wildman–Crippen LogP) is 1.77. The number of rotatable bonds is 3. The molecule has 1 heterocycles. The highest BCUT2D eigenvalue weighted by molar-refractivity contribution is 5.96. The Hall–Kier alpha value is -1.55. The maximum absolute atomic E-state index is 12.1. The lowest BCUT2D eigenvalue weighted by Crippen LogP contribution is -2.39. The fraction of sp³-hybridized carbons (Fsp3) is 0.533. The van der Waals surface area contributed by atoms with Crippen molar-refractivity contribution >= 4 is 5.91 Å². The second-order valence-electron chi connectivity index (χ2n) is 5.43. The molecule has 1 saturated heterocycles. The molecule has 1 aromatic rings. The van der Waals surface area contributed by atoms with Crippen molar-refractivity contribution in [3.8, 4) is 5.75 Å². The Morgan fingerprint density at radius 2 is 2.32 bits per heavy atom. The molecule has 0 aromatic heterocycles. The summed E-state index contributed by atoms with van der Waals surface area (Å²) in [5, 5.41) is 12.6. The van der Waals surface area contributed by atoms with E-state index in [1.807, 2.05) is 0 Å². The normalized spacial score (nSPS) is 20.2. The minimum Gasteiger partial charge on any atom is -0.508 e. The van der Waals surface area contributed by atoms with Crippen molar-refractivity contribution in [2.24, 2.45) is 5.92 Å². The van der Waals surface area contributed by atoms with Crippen LogP contribution in [-0.4, -0.2) is 42.6 Å². The number of hydrogen-bond donors (Lipinski definition) is 2. The Labute approximate surface area is 114 Å². The summed E-state index contributed by atoms with van der Waals surface area (Å²) in [5.74, 6) is 0.604. The van der Waals surface area contributed by atoms with Crippen molar-refractivity contribution in [1.82, 2.24) is 10.2 Å². The second-order valence-corrected chi connectivity index (χ2v) is 5.43. The average molecular weight is 262 g/mol. The van der Waals surface area contributed by atoms with Crippen LogP contribution in [0.3, 0.4) is 0 Å². The first-order chi connectivity index (χ1) is 9.08. The fourth-order valence-electron chi connectivity index (χ4n) is 2.64. The van der Waals surface area contributed by atoms with Gasteiger partial charge in [0, 0.05) is 24.2 Å². The minimum atomic E-state index is -0.0957. The van der Waals surface area contributed by atoms with E-state index in [0.717, 1.165) is 13.1 Å². The maximum atomic E-state index is 12.1. The summed E-state index contributed by atoms with van der Waals surface area (Å²) in [6, 6.07) is 5.05. The van der Waals surface area contributed by atoms with Crippen molar-refractivity contribution in [3.63, 3.8) is 0 Å². The van der Waals surface area contributed by atoms with E-state index in [-0.39, 0.29) is 11.7 Å². The van der Waals surface area contributed by atoms with Crippen LogP contribution in [0.2, 0.25) is 0 Å². The molecule has 1 aliphatic heterocycles. The van der Waals surface area contributed by atoms with Gasteiger partial charge in [0.05, 0.1) is 0 Å². The van der Waals surface area contributed by atoms with E-state index in [1.165, 1.54) is 12.8 Å². The zero-order valence-electron chi connectivity index (χ0n) is 11.6. The van der Waals surface area contributed by atoms with E-state index in [0.29, 0.717) is 23.6 Å². The van der Waals surface area contributed by atoms with Gasteiger partial charge in [-0.2, -0.15) is 0 Å². The topological polar surface area (TPSA) is 52.6 Å². The van der Waals surface area contributed by atoms with Crippen LogP contribution in [-0.2, 0) is 0 Å². The lowest BCUT2D eigenvalue weighted by atomic mass is 9.98. The number of carbonyl (C=O) groups excluding carboxylic acids is 1. The van der Waals surface area contributed by atoms with Gasteiger partial charge in [-0.3, -0.25) is 4.79 Å². The third-order valence-electron chi connectivity index (χ3n) is 3.82. The molecule has 104 valence electrons. The number of phenolic OH excluding ortho intramolecular Hbond substituents is 1. The Morgan fingerprint density at radius 3 is 3.05 bits per heavy atom. The van der Waals surface area contributed by atoms with Crippen LogP contribution in [0.4, 0.5) is 0 Å². The van der Waals surface area contributed by atoms with E-state index in [2.05, 4.69) is 17.3 Å². The van der Waals surface area contributed by atoms with Crippen LogP contribution in [0.25, 0.3) is 0 Å². The van der Waals surface area contributed by atoms with Gasteiger partial charge < -0.3 is 15.3 Å². The molecule has 0 radical (unpaired) electrons. The Balaban J connectivity index is 1.92. The van der Waals surface area contributed by atoms with Crippen LogP contribution in [0.5, 0.6) is 5.75 Å². The number of nitrogens with zero attached hydrogens (tertiary/aromatic N) is 1. The van der Waals surface area contributed by atoms with E-state index in [1.54, 1.807) is 25.1 Å². The molecule has 0 spiro atoms. The summed E-state index contributed by atoms with van der Waals surface area (Å²) in [5.41, 5.74) is 1.20. The van der Waals surface area contributed by atoms with Gasteiger partial charge in [-0.15, -0.1) is 0 Å². The standard InChI is InChI=1S/C15H22N2O2/c1-11-13(6-3-7-14(11)18)15(19)16-9-12-5-4-8-17(2)10-12/h3,6-7,12,18H,4-5,8-10H2,1-2H3,(H,16,19). The van der Waals surface area contributed by atoms with Crippen molar-refractivity contribution < 1.29 is 9.90 Å². The van der Waals surface area contributed by atoms with Gasteiger partial charge in [0.25, 0.3) is 5.91 Å². The maximum Gasteiger partial charge on any atom is 0.251 e. The zero-order chi connectivity index (χ0) is 13.8. The van der Waals surface area contributed by atoms with E-state index < -0.39 is 0 Å². The van der Waals surface area contributed by atoms with E-state index >= 15 is 0 Å². The molecular formula is C15H22N2O2. The summed E-state index contributed by atoms with van der Waals surface area (Å²) in [6.07, 6.45) is 2.37. The summed E-state index contributed by atoms with van der Waals surface area (Å²) >= 11 is 0. The third-order valence-corrected chi connectivity index (χ3v) is 3.82. The van der Waals surface area contributed by atoms with Crippen molar-refractivity contribution in [1.29, 1.82) is 0 Å². The largest absolute Gasteiger partial charge is 0.508 e. The van der Waals surface area contributed by atoms with E-state index in [4.69, 9.17) is 0 Å². The smallest absolute Gasteiger partial charge is 0.251 e. The quantitative estimate of drug-likeness (QED) is 0.873. The lowest BCUT2D eigenvalue weighted by Gasteiger charge is -2.29. The minimum absolute atomic E-state index is 0.0957. The first-order valence-electron chi connectivity index (χ1n) is 6.83. The molecule has 0 saturated carbocycles. The molecule has 0 bridgehead atoms. The molecule has 2 N–H and O–H groups in total. The van der Waals surface area contributed by atoms with Gasteiger partial charge in [0.15, 0.2) is 0 Å². The van der Waals surface area contributed by atoms with Crippen molar-refractivity contribution in [2.75, 3.05) is 26.7 Å². The molecule has 19 heavy (non-hydrogen) atoms. The Morgan fingerprint density at radius 1 is 1.53 bits per heavy atom. The molecule has 4 heteroatoms. The van der Waals surface area contributed by atoms with Gasteiger partial charge in [-0.1, -0.05) is 6.07 Å². The van der Waals surface area contributed by atoms with E-state index in [9.17, 15) is 9.90 Å². The molecule has 1 fully saturated rings. The number of benzene rings is 1. The van der Waals surface area contributed by atoms with Gasteiger partial charge >= 0.3 is 0 Å². The summed E-state index contributed by atoms with van der Waals surface area (Å²) < 4.78 is 0. The molecule has 1 aliphatic rings. The average Bonchev–Trinajstić information content (AvgIpc) is 2.39. The Kier molecular flexibility index (Phi) is 4.43. The number of likely N-dealkylation sites (tertiary alicyclic amines) is 1. The van der Waals surface area contributed by atoms with Crippen LogP contribution < -0.4 is 5.32 Å². The van der Waals surface area contributed by atoms with Gasteiger partial charge in [0.1, 0.15) is 5.75 Å². The number of phenols is 1. The molecule has 1 aromatic carbocycles. The summed E-state index contributed by atoms with van der Waals surface area (Å²) in [7, 11) is 2.12. The predicted molar refractivity (Wildman–Crippen MR) is 75.4 cm³/mol. The zero-order valence-corrected chi connectivity index (χ0v) is 11.6. The number of nitrogens with one attached hydrogen (secondary N) is 1. The number of aromatic hydroxyl groups is 1. The highest BCUT2D eigenvalue weighted by Crippen LogP contribution is 2.19. The fourth-order valence-corrected chi connectivity index (χ4v) is 2.64. The highest BCUT2D eigenvalue weighted by Gasteiger charge is 2.18. The first-order valence-corrected chi connectivity index (χ1v) is 6.83. The monoisotopic (exact) mass is 262 g/mol. The van der Waals surface area contributed by atoms with Crippen LogP contribution in [0.1, 0.15) is 28.8 Å². The lowest BCUT2D eigenvalue weighted by molar-refractivity contribution is 0.0935. The van der Waals surface area contributed by atoms with Crippen molar-refractivity contribution in [2.45, 2.75) is 19.8 Å². The van der Waals surface area contributed by atoms with Crippen LogP contribution in [0, 0.1) is 12.8 Å². The molecule has 2 rings (SSSR count). The van der Waals surface area contributed by atoms with Gasteiger partial charge in [0.2, 0.25) is 0 Å². The number of carbonyl (C=O) groups is 1. The SMILES string of the molecule is Cc1c(O)cccc1C(=O)NCC1CCCN(C)C1. The molecule has 4 nitrogen and oxygen atoms in total. The number of piperidine rings is 1. The molecule has 1 atom stereocenters. The van der Waals surface area contributed by atoms with Crippen molar-refractivity contribution in [3.05, 3.63) is 29.3 Å². The second kappa shape index (κ2) is 6.06. The third kappa shape index (κ3) is 3.47. The number of amides is 1. The number of hydrogen-bond acceptors (Lipinski definition) is 3. The van der Waals surface area contributed by atoms with Gasteiger partial charge in [-0.25, -0.2) is 0 Å². The molecular weight excluding hydrogens is 240 g/mol. The Bertz CT molecular complexity index is 459. The first kappa shape index (κ1) is 13.9. The van der Waals surface area contributed by atoms with Crippen LogP contribution >= 0.6 is 0 Å². The molecule has 0 aliphatic carbocycles. The highest BCUT2D eigenvalue weighted by atomic mass is 16.3. The summed E-state index contributed by atoms with van der Waals surface area (Å²) in [6.45, 7) is 4.66. The molecule has 1 unspecified atom stereocenters.